The first kappa shape index (κ1) is 20.7. The van der Waals surface area contributed by atoms with Gasteiger partial charge in [-0.2, -0.15) is 18.3 Å². The van der Waals surface area contributed by atoms with Crippen LogP contribution < -0.4 is 10.6 Å². The molecule has 0 radical (unpaired) electrons. The maximum absolute atomic E-state index is 12.4. The number of rotatable bonds is 7. The van der Waals surface area contributed by atoms with Crippen molar-refractivity contribution in [1.82, 2.24) is 20.4 Å². The van der Waals surface area contributed by atoms with Crippen LogP contribution in [0.1, 0.15) is 48.9 Å². The highest BCUT2D eigenvalue weighted by atomic mass is 19.4. The van der Waals surface area contributed by atoms with Crippen LogP contribution in [0.2, 0.25) is 0 Å². The first-order valence-corrected chi connectivity index (χ1v) is 8.56. The Hall–Kier alpha value is -2.59. The van der Waals surface area contributed by atoms with Crippen LogP contribution in [0.5, 0.6) is 0 Å². The lowest BCUT2D eigenvalue weighted by atomic mass is 9.95. The van der Waals surface area contributed by atoms with E-state index in [1.807, 2.05) is 5.32 Å². The summed E-state index contributed by atoms with van der Waals surface area (Å²) in [5.74, 6) is -3.08. The van der Waals surface area contributed by atoms with Crippen molar-refractivity contribution < 1.29 is 32.7 Å². The van der Waals surface area contributed by atoms with Gasteiger partial charge >= 0.3 is 12.1 Å². The molecule has 1 aliphatic rings. The lowest BCUT2D eigenvalue weighted by molar-refractivity contribution is -0.157. The van der Waals surface area contributed by atoms with Crippen LogP contribution in [0.3, 0.4) is 0 Å². The van der Waals surface area contributed by atoms with Crippen LogP contribution in [-0.2, 0) is 16.1 Å². The van der Waals surface area contributed by atoms with Crippen LogP contribution in [0.25, 0.3) is 0 Å². The first-order chi connectivity index (χ1) is 12.6. The molecule has 1 aromatic rings. The third-order valence-electron chi connectivity index (χ3n) is 4.21. The minimum Gasteiger partial charge on any atom is -0.480 e. The fourth-order valence-corrected chi connectivity index (χ4v) is 2.91. The number of nitrogens with zero attached hydrogens (tertiary/aromatic N) is 2. The average molecular weight is 390 g/mol. The van der Waals surface area contributed by atoms with Crippen LogP contribution >= 0.6 is 0 Å². The van der Waals surface area contributed by atoms with Gasteiger partial charge < -0.3 is 15.7 Å². The number of nitrogens with one attached hydrogen (secondary N) is 2. The number of amides is 2. The van der Waals surface area contributed by atoms with Gasteiger partial charge in [0.15, 0.2) is 0 Å². The fourth-order valence-electron chi connectivity index (χ4n) is 2.91. The molecular formula is C16H21F3N4O4. The Morgan fingerprint density at radius 2 is 1.93 bits per heavy atom. The van der Waals surface area contributed by atoms with Crippen LogP contribution in [0, 0.1) is 0 Å². The monoisotopic (exact) mass is 390 g/mol. The molecule has 3 N–H and O–H groups in total. The van der Waals surface area contributed by atoms with Crippen molar-refractivity contribution in [2.75, 3.05) is 0 Å². The minimum atomic E-state index is -4.74. The molecule has 11 heteroatoms. The van der Waals surface area contributed by atoms with E-state index in [1.54, 1.807) is 0 Å². The molecule has 1 aromatic heterocycles. The molecule has 0 aromatic carbocycles. The minimum absolute atomic E-state index is 0.114. The molecule has 1 heterocycles. The second kappa shape index (κ2) is 8.87. The van der Waals surface area contributed by atoms with E-state index in [4.69, 9.17) is 5.11 Å². The molecule has 8 nitrogen and oxygen atoms in total. The highest BCUT2D eigenvalue weighted by Crippen LogP contribution is 2.22. The number of halogens is 3. The third kappa shape index (κ3) is 6.91. The van der Waals surface area contributed by atoms with E-state index in [2.05, 4.69) is 10.4 Å². The topological polar surface area (TPSA) is 113 Å². The standard InChI is InChI=1S/C16H21F3N4O4/c17-16(18,19)6-12(15(26)27)22-14(25)10-7-20-23(8-10)9-13(24)21-11-4-2-1-3-5-11/h7-8,11-12H,1-6,9H2,(H,21,24)(H,22,25)(H,26,27). The van der Waals surface area contributed by atoms with Crippen LogP contribution in [0.15, 0.2) is 12.4 Å². The van der Waals surface area contributed by atoms with Gasteiger partial charge in [0.05, 0.1) is 18.2 Å². The SMILES string of the molecule is O=C(Cn1cc(C(=O)NC(CC(F)(F)F)C(=O)O)cn1)NC1CCCCC1. The van der Waals surface area contributed by atoms with E-state index in [9.17, 15) is 27.6 Å². The summed E-state index contributed by atoms with van der Waals surface area (Å²) in [4.78, 5) is 34.9. The molecule has 1 atom stereocenters. The van der Waals surface area contributed by atoms with Crippen molar-refractivity contribution in [3.05, 3.63) is 18.0 Å². The molecule has 0 saturated heterocycles. The number of carbonyl (C=O) groups is 3. The highest BCUT2D eigenvalue weighted by Gasteiger charge is 2.36. The smallest absolute Gasteiger partial charge is 0.391 e. The van der Waals surface area contributed by atoms with Crippen molar-refractivity contribution >= 4 is 17.8 Å². The number of carboxylic acids is 1. The number of alkyl halides is 3. The molecule has 27 heavy (non-hydrogen) atoms. The summed E-state index contributed by atoms with van der Waals surface area (Å²) in [6, 6.07) is -1.99. The highest BCUT2D eigenvalue weighted by molar-refractivity contribution is 5.96. The fraction of sp³-hybridized carbons (Fsp3) is 0.625. The predicted octanol–water partition coefficient (Wildman–Crippen LogP) is 1.47. The summed E-state index contributed by atoms with van der Waals surface area (Å²) in [6.07, 6.45) is 0.902. The molecule has 150 valence electrons. The molecule has 1 aliphatic carbocycles. The van der Waals surface area contributed by atoms with Crippen molar-refractivity contribution in [2.24, 2.45) is 0 Å². The maximum Gasteiger partial charge on any atom is 0.391 e. The van der Waals surface area contributed by atoms with E-state index in [0.29, 0.717) is 0 Å². The lowest BCUT2D eigenvalue weighted by Gasteiger charge is -2.22. The van der Waals surface area contributed by atoms with Gasteiger partial charge in [0.25, 0.3) is 5.91 Å². The molecule has 0 bridgehead atoms. The summed E-state index contributed by atoms with van der Waals surface area (Å²) >= 11 is 0. The van der Waals surface area contributed by atoms with Crippen molar-refractivity contribution in [1.29, 1.82) is 0 Å². The number of aromatic nitrogens is 2. The van der Waals surface area contributed by atoms with Crippen molar-refractivity contribution in [2.45, 2.75) is 63.3 Å². The van der Waals surface area contributed by atoms with Gasteiger partial charge in [-0.15, -0.1) is 0 Å². The van der Waals surface area contributed by atoms with Crippen molar-refractivity contribution in [3.8, 4) is 0 Å². The molecular weight excluding hydrogens is 369 g/mol. The predicted molar refractivity (Wildman–Crippen MR) is 86.8 cm³/mol. The summed E-state index contributed by atoms with van der Waals surface area (Å²) < 4.78 is 38.3. The maximum atomic E-state index is 12.4. The van der Waals surface area contributed by atoms with Crippen molar-refractivity contribution in [3.63, 3.8) is 0 Å². The summed E-state index contributed by atoms with van der Waals surface area (Å²) in [6.45, 7) is -0.144. The number of hydrogen-bond donors (Lipinski definition) is 3. The zero-order chi connectivity index (χ0) is 20.0. The summed E-state index contributed by atoms with van der Waals surface area (Å²) in [5, 5.41) is 17.3. The zero-order valence-electron chi connectivity index (χ0n) is 14.5. The second-order valence-electron chi connectivity index (χ2n) is 6.51. The van der Waals surface area contributed by atoms with E-state index >= 15 is 0 Å². The second-order valence-corrected chi connectivity index (χ2v) is 6.51. The summed E-state index contributed by atoms with van der Waals surface area (Å²) in [7, 11) is 0. The average Bonchev–Trinajstić information content (AvgIpc) is 3.02. The Morgan fingerprint density at radius 3 is 2.52 bits per heavy atom. The molecule has 0 spiro atoms. The molecule has 2 rings (SSSR count). The number of carbonyl (C=O) groups excluding carboxylic acids is 2. The van der Waals surface area contributed by atoms with E-state index < -0.39 is 30.5 Å². The number of hydrogen-bond acceptors (Lipinski definition) is 4. The Balaban J connectivity index is 1.90. The van der Waals surface area contributed by atoms with E-state index in [0.717, 1.165) is 38.3 Å². The van der Waals surface area contributed by atoms with Gasteiger partial charge in [0, 0.05) is 12.2 Å². The summed E-state index contributed by atoms with van der Waals surface area (Å²) in [5.41, 5.74) is -0.131. The molecule has 2 amide bonds. The van der Waals surface area contributed by atoms with Crippen LogP contribution in [-0.4, -0.2) is 50.9 Å². The first-order valence-electron chi connectivity index (χ1n) is 8.56. The zero-order valence-corrected chi connectivity index (χ0v) is 14.5. The quantitative estimate of drug-likeness (QED) is 0.653. The lowest BCUT2D eigenvalue weighted by Crippen LogP contribution is -2.43. The Bertz CT molecular complexity index is 683. The Labute approximate surface area is 153 Å². The number of carboxylic acid groups (broad SMARTS) is 1. The normalized spacial score (nSPS) is 16.6. The Kier molecular flexibility index (Phi) is 6.81. The van der Waals surface area contributed by atoms with E-state index in [1.165, 1.54) is 10.9 Å². The van der Waals surface area contributed by atoms with Gasteiger partial charge in [-0.25, -0.2) is 4.79 Å². The van der Waals surface area contributed by atoms with Crippen LogP contribution in [0.4, 0.5) is 13.2 Å². The molecule has 1 unspecified atom stereocenters. The van der Waals surface area contributed by atoms with Gasteiger partial charge in [0.2, 0.25) is 5.91 Å². The third-order valence-corrected chi connectivity index (χ3v) is 4.21. The molecule has 1 fully saturated rings. The van der Waals surface area contributed by atoms with Gasteiger partial charge in [-0.3, -0.25) is 14.3 Å². The largest absolute Gasteiger partial charge is 0.480 e. The molecule has 0 aliphatic heterocycles. The van der Waals surface area contributed by atoms with Gasteiger partial charge in [-0.05, 0) is 12.8 Å². The number of aliphatic carboxylic acids is 1. The van der Waals surface area contributed by atoms with Gasteiger partial charge in [-0.1, -0.05) is 19.3 Å². The van der Waals surface area contributed by atoms with Gasteiger partial charge in [0.1, 0.15) is 12.6 Å². The Morgan fingerprint density at radius 1 is 1.26 bits per heavy atom. The van der Waals surface area contributed by atoms with E-state index in [-0.39, 0.29) is 24.1 Å². The molecule has 1 saturated carbocycles.